The fourth-order valence-corrected chi connectivity index (χ4v) is 7.58. The smallest absolute Gasteiger partial charge is 0.407 e. The van der Waals surface area contributed by atoms with Crippen LogP contribution in [0.15, 0.2) is 66.9 Å². The van der Waals surface area contributed by atoms with Gasteiger partial charge in [-0.15, -0.1) is 25.7 Å². The molecule has 2 atom stereocenters. The summed E-state index contributed by atoms with van der Waals surface area (Å²) in [5.74, 6) is 1.72. The molecule has 7 rings (SSSR count). The second-order valence-corrected chi connectivity index (χ2v) is 16.0. The number of aryl methyl sites for hydroxylation is 2. The monoisotopic (exact) mass is 961 g/mol. The Kier molecular flexibility index (Phi) is 26.5. The van der Waals surface area contributed by atoms with Crippen molar-refractivity contribution < 1.29 is 38.1 Å². The number of rotatable bonds is 15. The first-order valence-electron chi connectivity index (χ1n) is 23.1. The molecule has 4 amide bonds. The van der Waals surface area contributed by atoms with Crippen molar-refractivity contribution in [1.29, 1.82) is 0 Å². The molecule has 0 fully saturated rings. The van der Waals surface area contributed by atoms with Crippen LogP contribution in [0.4, 0.5) is 4.79 Å². The normalized spacial score (nSPS) is 11.7. The largest absolute Gasteiger partial charge is 0.488 e. The average Bonchev–Trinajstić information content (AvgIpc) is 4.04. The maximum Gasteiger partial charge on any atom is 0.407 e. The Hall–Kier alpha value is -7.40. The summed E-state index contributed by atoms with van der Waals surface area (Å²) in [7, 11) is 7.77. The molecule has 0 spiro atoms. The van der Waals surface area contributed by atoms with E-state index in [0.29, 0.717) is 43.3 Å². The highest BCUT2D eigenvalue weighted by molar-refractivity contribution is 5.87. The molecule has 376 valence electrons. The molecule has 2 aromatic heterocycles. The number of nitrogens with one attached hydrogen (secondary N) is 4. The van der Waals surface area contributed by atoms with E-state index in [2.05, 4.69) is 105 Å². The third-order valence-corrected chi connectivity index (χ3v) is 10.7. The topological polar surface area (TPSA) is 193 Å². The number of fused-ring (bicyclic) bond motifs is 6. The minimum Gasteiger partial charge on any atom is -0.488 e. The number of aromatic nitrogens is 4. The Balaban J connectivity index is 0.00000118. The molecule has 0 saturated heterocycles. The van der Waals surface area contributed by atoms with E-state index >= 15 is 0 Å². The van der Waals surface area contributed by atoms with E-state index in [-0.39, 0.29) is 30.9 Å². The third kappa shape index (κ3) is 16.1. The Morgan fingerprint density at radius 1 is 0.843 bits per heavy atom. The highest BCUT2D eigenvalue weighted by Crippen LogP contribution is 2.44. The van der Waals surface area contributed by atoms with E-state index in [1.54, 1.807) is 56.6 Å². The molecule has 3 heterocycles. The number of carbonyl (C=O) groups excluding carboxylic acids is 4. The SMILES string of the molecule is C#C.C#C.CCC.CCCN(Cc1ncc(-c2ccc3c(c2)COc2cc4c(cc2-3)CCc2[nH]c(CN(C(=O)CNC=O)[C@@H](C)CC)nc2-4)[nH]1)C(=O)[C@H](NC(=O)OC)c1ccccc1.COC.COC. The van der Waals surface area contributed by atoms with E-state index in [0.717, 1.165) is 76.3 Å². The number of hydrogen-bond acceptors (Lipinski definition) is 10. The van der Waals surface area contributed by atoms with Crippen LogP contribution >= 0.6 is 0 Å². The Bertz CT molecular complexity index is 2420. The summed E-state index contributed by atoms with van der Waals surface area (Å²) in [6.45, 7) is 11.6. The first-order chi connectivity index (χ1) is 33.9. The van der Waals surface area contributed by atoms with Crippen molar-refractivity contribution in [3.63, 3.8) is 0 Å². The van der Waals surface area contributed by atoms with E-state index < -0.39 is 12.1 Å². The number of aromatic amines is 2. The van der Waals surface area contributed by atoms with Crippen LogP contribution in [0.2, 0.25) is 0 Å². The molecule has 70 heavy (non-hydrogen) atoms. The summed E-state index contributed by atoms with van der Waals surface area (Å²) < 4.78 is 19.7. The number of amides is 4. The Labute approximate surface area is 414 Å². The Morgan fingerprint density at radius 3 is 2.13 bits per heavy atom. The number of alkyl carbamates (subject to hydrolysis) is 1. The molecule has 0 radical (unpaired) electrons. The predicted molar refractivity (Wildman–Crippen MR) is 275 cm³/mol. The van der Waals surface area contributed by atoms with Crippen LogP contribution in [0.25, 0.3) is 33.6 Å². The summed E-state index contributed by atoms with van der Waals surface area (Å²) in [6.07, 6.45) is 22.0. The van der Waals surface area contributed by atoms with Crippen LogP contribution in [0.5, 0.6) is 5.75 Å². The highest BCUT2D eigenvalue weighted by atomic mass is 16.5. The van der Waals surface area contributed by atoms with Gasteiger partial charge in [-0.3, -0.25) is 14.4 Å². The standard InChI is InChI=1S/C43H48N8O6.C3H8.2C2H6O.2C2H2/c1-5-16-50(42(54)40(49-43(55)56-4)27-10-8-7-9-11-27)22-37-45-20-35(47-37)29-12-14-31-30(17-29)24-57-36-19-32-28(18-33(31)36)13-15-34-41(32)48-38(46-34)23-51(26(3)6-2)39(53)21-44-25-52;3*1-3-2;2*1-2/h7-12,14,17-20,25-26,40H,5-6,13,15-16,21-24H2,1-4H3,(H,44,52)(H,45,47)(H,46,48)(H,49,55);3H2,1-2H3;2*1-2H3;2*1-2H/t26-,40+;;;;;/m0...../s1. The lowest BCUT2D eigenvalue weighted by molar-refractivity contribution is -0.134. The summed E-state index contributed by atoms with van der Waals surface area (Å²) in [5.41, 5.74) is 9.74. The van der Waals surface area contributed by atoms with Crippen molar-refractivity contribution >= 4 is 24.3 Å². The predicted octanol–water partition coefficient (Wildman–Crippen LogP) is 8.27. The minimum absolute atomic E-state index is 0.0139. The number of benzene rings is 3. The van der Waals surface area contributed by atoms with Crippen molar-refractivity contribution in [3.05, 3.63) is 101 Å². The van der Waals surface area contributed by atoms with E-state index in [1.807, 2.05) is 39.0 Å². The first kappa shape index (κ1) is 58.7. The molecule has 2 aliphatic rings. The fourth-order valence-electron chi connectivity index (χ4n) is 7.58. The van der Waals surface area contributed by atoms with Gasteiger partial charge in [-0.2, -0.15) is 0 Å². The number of hydrogen-bond donors (Lipinski definition) is 4. The zero-order valence-electron chi connectivity index (χ0n) is 42.5. The van der Waals surface area contributed by atoms with Crippen LogP contribution in [-0.4, -0.2) is 109 Å². The second kappa shape index (κ2) is 31.6. The van der Waals surface area contributed by atoms with Crippen LogP contribution < -0.4 is 15.4 Å². The van der Waals surface area contributed by atoms with Crippen molar-refractivity contribution in [2.75, 3.05) is 48.6 Å². The molecule has 3 aromatic carbocycles. The molecule has 16 nitrogen and oxygen atoms in total. The zero-order chi connectivity index (χ0) is 52.2. The highest BCUT2D eigenvalue weighted by Gasteiger charge is 2.30. The van der Waals surface area contributed by atoms with Gasteiger partial charge in [-0.05, 0) is 78.6 Å². The lowest BCUT2D eigenvalue weighted by Crippen LogP contribution is -2.43. The minimum atomic E-state index is -0.909. The van der Waals surface area contributed by atoms with Gasteiger partial charge in [0, 0.05) is 57.8 Å². The van der Waals surface area contributed by atoms with Gasteiger partial charge in [0.2, 0.25) is 18.2 Å². The summed E-state index contributed by atoms with van der Waals surface area (Å²) in [4.78, 5) is 69.8. The molecule has 1 aliphatic carbocycles. The van der Waals surface area contributed by atoms with Crippen molar-refractivity contribution in [3.8, 4) is 65.1 Å². The maximum absolute atomic E-state index is 13.9. The molecular weight excluding hydrogens is 889 g/mol. The number of methoxy groups -OCH3 is 3. The molecule has 16 heteroatoms. The number of nitrogens with zero attached hydrogens (tertiary/aromatic N) is 4. The van der Waals surface area contributed by atoms with Crippen molar-refractivity contribution in [2.45, 2.75) is 98.5 Å². The molecule has 0 bridgehead atoms. The van der Waals surface area contributed by atoms with Crippen molar-refractivity contribution in [1.82, 2.24) is 40.4 Å². The molecule has 1 aliphatic heterocycles. The molecule has 4 N–H and O–H groups in total. The van der Waals surface area contributed by atoms with Gasteiger partial charge < -0.3 is 49.3 Å². The number of carbonyl (C=O) groups is 4. The van der Waals surface area contributed by atoms with E-state index in [4.69, 9.17) is 14.5 Å². The first-order valence-corrected chi connectivity index (χ1v) is 23.1. The zero-order valence-corrected chi connectivity index (χ0v) is 42.5. The summed E-state index contributed by atoms with van der Waals surface area (Å²) in [5, 5.41) is 5.18. The quantitative estimate of drug-likeness (QED) is 0.0586. The average molecular weight is 961 g/mol. The summed E-state index contributed by atoms with van der Waals surface area (Å²) in [6, 6.07) is 18.8. The van der Waals surface area contributed by atoms with Gasteiger partial charge in [0.1, 0.15) is 30.0 Å². The molecule has 5 aromatic rings. The van der Waals surface area contributed by atoms with E-state index in [9.17, 15) is 19.2 Å². The number of terminal acetylenes is 2. The number of ether oxygens (including phenoxy) is 4. The fraction of sp³-hybridized carbons (Fsp3) is 0.407. The Morgan fingerprint density at radius 2 is 1.51 bits per heavy atom. The van der Waals surface area contributed by atoms with Gasteiger partial charge in [0.05, 0.1) is 44.3 Å². The lowest BCUT2D eigenvalue weighted by Gasteiger charge is -2.27. The molecular formula is C54H72N8O8. The lowest BCUT2D eigenvalue weighted by atomic mass is 9.86. The van der Waals surface area contributed by atoms with Crippen LogP contribution in [0, 0.1) is 25.7 Å². The molecule has 0 unspecified atom stereocenters. The van der Waals surface area contributed by atoms with Crippen LogP contribution in [-0.2, 0) is 61.1 Å². The number of imidazole rings is 2. The van der Waals surface area contributed by atoms with Gasteiger partial charge in [-0.25, -0.2) is 14.8 Å². The third-order valence-electron chi connectivity index (χ3n) is 10.7. The van der Waals surface area contributed by atoms with Gasteiger partial charge >= 0.3 is 6.09 Å². The van der Waals surface area contributed by atoms with Crippen LogP contribution in [0.1, 0.15) is 94.0 Å². The van der Waals surface area contributed by atoms with E-state index in [1.165, 1.54) is 19.1 Å². The van der Waals surface area contributed by atoms with Crippen molar-refractivity contribution in [2.24, 2.45) is 0 Å². The van der Waals surface area contributed by atoms with Crippen LogP contribution in [0.3, 0.4) is 0 Å². The van der Waals surface area contributed by atoms with Gasteiger partial charge in [0.25, 0.3) is 0 Å². The van der Waals surface area contributed by atoms with Gasteiger partial charge in [0.15, 0.2) is 0 Å². The second-order valence-electron chi connectivity index (χ2n) is 16.0. The maximum atomic E-state index is 13.9. The number of H-pyrrole nitrogens is 2. The molecule has 0 saturated carbocycles. The summed E-state index contributed by atoms with van der Waals surface area (Å²) >= 11 is 0. The van der Waals surface area contributed by atoms with Gasteiger partial charge in [-0.1, -0.05) is 76.6 Å².